The van der Waals surface area contributed by atoms with Gasteiger partial charge < -0.3 is 15.8 Å². The molecule has 1 atom stereocenters. The van der Waals surface area contributed by atoms with Crippen molar-refractivity contribution in [2.45, 2.75) is 20.1 Å². The molecule has 0 spiro atoms. The molecule has 0 saturated heterocycles. The molecule has 138 valence electrons. The topological polar surface area (TPSA) is 59.6 Å². The highest BCUT2D eigenvalue weighted by molar-refractivity contribution is 6.34. The van der Waals surface area contributed by atoms with Gasteiger partial charge in [-0.1, -0.05) is 11.6 Å². The van der Waals surface area contributed by atoms with Crippen LogP contribution in [0.2, 0.25) is 5.02 Å². The highest BCUT2D eigenvalue weighted by Crippen LogP contribution is 2.30. The van der Waals surface area contributed by atoms with Crippen molar-refractivity contribution in [3.05, 3.63) is 70.1 Å². The average Bonchev–Trinajstić information content (AvgIpc) is 2.62. The van der Waals surface area contributed by atoms with Crippen molar-refractivity contribution in [2.75, 3.05) is 19.9 Å². The molecule has 26 heavy (non-hydrogen) atoms. The molecule has 1 unspecified atom stereocenters. The molecule has 0 fully saturated rings. The summed E-state index contributed by atoms with van der Waals surface area (Å²) >= 11 is 6.29. The van der Waals surface area contributed by atoms with Gasteiger partial charge >= 0.3 is 0 Å². The fourth-order valence-corrected chi connectivity index (χ4v) is 2.71. The monoisotopic (exact) mass is 375 g/mol. The lowest BCUT2D eigenvalue weighted by atomic mass is 9.93. The van der Waals surface area contributed by atoms with Gasteiger partial charge in [0.1, 0.15) is 12.0 Å². The second kappa shape index (κ2) is 8.83. The van der Waals surface area contributed by atoms with Gasteiger partial charge in [0.2, 0.25) is 0 Å². The summed E-state index contributed by atoms with van der Waals surface area (Å²) < 4.78 is 18.7. The smallest absolute Gasteiger partial charge is 0.145 e. The first kappa shape index (κ1) is 19.9. The van der Waals surface area contributed by atoms with Crippen LogP contribution in [0.3, 0.4) is 0 Å². The lowest BCUT2D eigenvalue weighted by Gasteiger charge is -2.17. The van der Waals surface area contributed by atoms with E-state index in [0.717, 1.165) is 22.3 Å². The number of aliphatic imine (C=N–C) groups is 1. The third-order valence-electron chi connectivity index (χ3n) is 3.95. The molecule has 2 rings (SSSR count). The molecule has 3 N–H and O–H groups in total. The third kappa shape index (κ3) is 4.62. The summed E-state index contributed by atoms with van der Waals surface area (Å²) in [6.45, 7) is 3.79. The highest BCUT2D eigenvalue weighted by atomic mass is 35.5. The third-order valence-corrected chi connectivity index (χ3v) is 4.27. The summed E-state index contributed by atoms with van der Waals surface area (Å²) in [5, 5.41) is 3.45. The minimum atomic E-state index is -0.382. The van der Waals surface area contributed by atoms with E-state index in [4.69, 9.17) is 22.1 Å². The summed E-state index contributed by atoms with van der Waals surface area (Å²) in [7, 11) is 3.41. The Labute approximate surface area is 158 Å². The molecule has 0 aliphatic heterocycles. The number of hydrogen-bond donors (Lipinski definition) is 2. The van der Waals surface area contributed by atoms with Gasteiger partial charge in [-0.3, -0.25) is 4.99 Å². The number of methoxy groups -OCH3 is 1. The molecule has 0 aliphatic carbocycles. The predicted molar refractivity (Wildman–Crippen MR) is 107 cm³/mol. The van der Waals surface area contributed by atoms with Crippen molar-refractivity contribution in [1.82, 2.24) is 5.32 Å². The second-order valence-corrected chi connectivity index (χ2v) is 6.26. The van der Waals surface area contributed by atoms with Crippen LogP contribution < -0.4 is 11.1 Å². The molecule has 0 bridgehead atoms. The van der Waals surface area contributed by atoms with Crippen LogP contribution in [-0.4, -0.2) is 26.1 Å². The van der Waals surface area contributed by atoms with E-state index in [0.29, 0.717) is 16.4 Å². The molecule has 0 heterocycles. The number of benzene rings is 2. The maximum absolute atomic E-state index is 13.4. The number of nitrogen functional groups attached to an aromatic ring is 1. The van der Waals surface area contributed by atoms with E-state index in [1.807, 2.05) is 33.2 Å². The number of nitrogens with two attached hydrogens (primary N) is 1. The molecule has 0 aromatic heterocycles. The maximum Gasteiger partial charge on any atom is 0.145 e. The van der Waals surface area contributed by atoms with Crippen LogP contribution >= 0.6 is 11.6 Å². The number of hydrogen-bond acceptors (Lipinski definition) is 4. The lowest BCUT2D eigenvalue weighted by molar-refractivity contribution is 0.126. The number of nitrogens with one attached hydrogen (secondary N) is 1. The fourth-order valence-electron chi connectivity index (χ4n) is 2.55. The minimum absolute atomic E-state index is 0.310. The van der Waals surface area contributed by atoms with E-state index >= 15 is 0 Å². The molecule has 4 nitrogen and oxygen atoms in total. The van der Waals surface area contributed by atoms with E-state index in [1.165, 1.54) is 12.1 Å². The molecular formula is C20H23ClFN3O. The molecule has 0 aliphatic rings. The summed E-state index contributed by atoms with van der Waals surface area (Å²) in [6, 6.07) is 9.76. The first-order valence-electron chi connectivity index (χ1n) is 8.17. The number of ether oxygens (including phenoxy) is 1. The molecule has 6 heteroatoms. The van der Waals surface area contributed by atoms with Crippen molar-refractivity contribution < 1.29 is 9.13 Å². The van der Waals surface area contributed by atoms with Crippen LogP contribution in [0.5, 0.6) is 0 Å². The molecular weight excluding hydrogens is 353 g/mol. The van der Waals surface area contributed by atoms with Gasteiger partial charge in [0.15, 0.2) is 0 Å². The first-order valence-corrected chi connectivity index (χ1v) is 8.55. The van der Waals surface area contributed by atoms with Crippen molar-refractivity contribution in [3.63, 3.8) is 0 Å². The largest absolute Gasteiger partial charge is 0.398 e. The lowest BCUT2D eigenvalue weighted by Crippen LogP contribution is -2.13. The van der Waals surface area contributed by atoms with Gasteiger partial charge in [-0.2, -0.15) is 0 Å². The van der Waals surface area contributed by atoms with E-state index in [2.05, 4.69) is 10.3 Å². The normalized spacial score (nSPS) is 13.6. The highest BCUT2D eigenvalue weighted by Gasteiger charge is 2.17. The molecule has 2 aromatic carbocycles. The Hall–Kier alpha value is -2.37. The number of anilines is 1. The van der Waals surface area contributed by atoms with Gasteiger partial charge in [0.05, 0.1) is 16.4 Å². The van der Waals surface area contributed by atoms with E-state index in [9.17, 15) is 4.39 Å². The molecule has 0 saturated carbocycles. The van der Waals surface area contributed by atoms with Crippen LogP contribution in [0.25, 0.3) is 5.57 Å². The fraction of sp³-hybridized carbons (Fsp3) is 0.250. The summed E-state index contributed by atoms with van der Waals surface area (Å²) in [5.41, 5.74) is 10.5. The van der Waals surface area contributed by atoms with Gasteiger partial charge in [-0.15, -0.1) is 0 Å². The summed E-state index contributed by atoms with van der Waals surface area (Å²) in [4.78, 5) is 4.66. The van der Waals surface area contributed by atoms with Crippen LogP contribution in [0, 0.1) is 5.82 Å². The van der Waals surface area contributed by atoms with Crippen LogP contribution in [0.15, 0.2) is 47.6 Å². The standard InChI is InChI=1S/C20H23ClFN3O/c1-12(11-24-3)16-10-19(23)18(21)9-17(16)20(25-13(2)26-4)14-5-7-15(22)8-6-14/h5-11,13,24H,23H2,1-4H3/b12-11+,25-20?. The van der Waals surface area contributed by atoms with Crippen molar-refractivity contribution in [2.24, 2.45) is 4.99 Å². The zero-order valence-corrected chi connectivity index (χ0v) is 16.1. The zero-order chi connectivity index (χ0) is 19.3. The Bertz CT molecular complexity index is 832. The van der Waals surface area contributed by atoms with Crippen LogP contribution in [0.1, 0.15) is 30.5 Å². The quantitative estimate of drug-likeness (QED) is 0.578. The van der Waals surface area contributed by atoms with E-state index < -0.39 is 0 Å². The second-order valence-electron chi connectivity index (χ2n) is 5.85. The number of allylic oxidation sites excluding steroid dienone is 1. The van der Waals surface area contributed by atoms with Gasteiger partial charge in [-0.25, -0.2) is 4.39 Å². The van der Waals surface area contributed by atoms with Crippen LogP contribution in [0.4, 0.5) is 10.1 Å². The van der Waals surface area contributed by atoms with Crippen molar-refractivity contribution in [3.8, 4) is 0 Å². The number of nitrogens with zero attached hydrogens (tertiary/aromatic N) is 1. The minimum Gasteiger partial charge on any atom is -0.398 e. The molecule has 2 aromatic rings. The zero-order valence-electron chi connectivity index (χ0n) is 15.3. The number of halogens is 2. The number of rotatable bonds is 6. The predicted octanol–water partition coefficient (Wildman–Crippen LogP) is 4.47. The average molecular weight is 376 g/mol. The SMILES string of the molecule is CN/C=C(\C)c1cc(N)c(Cl)cc1C(=NC(C)OC)c1ccc(F)cc1. The van der Waals surface area contributed by atoms with Gasteiger partial charge in [0, 0.05) is 25.3 Å². The molecule has 0 radical (unpaired) electrons. The van der Waals surface area contributed by atoms with Crippen molar-refractivity contribution in [1.29, 1.82) is 0 Å². The van der Waals surface area contributed by atoms with Gasteiger partial charge in [-0.05, 0) is 67.6 Å². The Morgan fingerprint density at radius 3 is 2.50 bits per heavy atom. The van der Waals surface area contributed by atoms with Crippen LogP contribution in [-0.2, 0) is 4.74 Å². The maximum atomic E-state index is 13.4. The first-order chi connectivity index (χ1) is 12.4. The Kier molecular flexibility index (Phi) is 6.77. The van der Waals surface area contributed by atoms with E-state index in [-0.39, 0.29) is 12.0 Å². The van der Waals surface area contributed by atoms with Crippen molar-refractivity contribution >= 4 is 28.6 Å². The summed E-state index contributed by atoms with van der Waals surface area (Å²) in [5.74, 6) is -0.310. The Balaban J connectivity index is 2.75. The van der Waals surface area contributed by atoms with E-state index in [1.54, 1.807) is 25.3 Å². The Morgan fingerprint density at radius 1 is 1.27 bits per heavy atom. The molecule has 0 amide bonds. The Morgan fingerprint density at radius 2 is 1.92 bits per heavy atom. The van der Waals surface area contributed by atoms with Gasteiger partial charge in [0.25, 0.3) is 0 Å². The summed E-state index contributed by atoms with van der Waals surface area (Å²) in [6.07, 6.45) is 1.49.